The van der Waals surface area contributed by atoms with Crippen molar-refractivity contribution in [3.63, 3.8) is 0 Å². The second kappa shape index (κ2) is 6.73. The molecule has 0 saturated heterocycles. The minimum atomic E-state index is 0.444. The van der Waals surface area contributed by atoms with E-state index in [0.717, 1.165) is 44.8 Å². The van der Waals surface area contributed by atoms with Gasteiger partial charge >= 0.3 is 0 Å². The monoisotopic (exact) mass is 439 g/mol. The van der Waals surface area contributed by atoms with Crippen molar-refractivity contribution in [2.45, 2.75) is 37.8 Å². The van der Waals surface area contributed by atoms with E-state index in [2.05, 4.69) is 65.2 Å². The number of rotatable bonds is 3. The molecule has 18 heavy (non-hydrogen) atoms. The molecule has 1 fully saturated rings. The van der Waals surface area contributed by atoms with Gasteiger partial charge < -0.3 is 10.1 Å². The largest absolute Gasteiger partial charge is 0.381 e. The maximum atomic E-state index is 5.40. The summed E-state index contributed by atoms with van der Waals surface area (Å²) in [7, 11) is 1.81. The third-order valence-corrected chi connectivity index (χ3v) is 5.07. The van der Waals surface area contributed by atoms with E-state index in [1.807, 2.05) is 0 Å². The van der Waals surface area contributed by atoms with Crippen LogP contribution in [0.4, 0.5) is 5.69 Å². The van der Waals surface area contributed by atoms with Gasteiger partial charge in [-0.25, -0.2) is 0 Å². The lowest BCUT2D eigenvalue weighted by Crippen LogP contribution is -2.29. The first-order valence-electron chi connectivity index (χ1n) is 6.04. The second-order valence-corrected chi connectivity index (χ2v) is 7.22. The second-order valence-electron chi connectivity index (χ2n) is 4.60. The van der Waals surface area contributed by atoms with E-state index in [1.165, 1.54) is 0 Å². The summed E-state index contributed by atoms with van der Waals surface area (Å²) in [5.74, 6) is 0. The average molecular weight is 442 g/mol. The van der Waals surface area contributed by atoms with Crippen molar-refractivity contribution in [1.29, 1.82) is 0 Å². The van der Waals surface area contributed by atoms with Crippen LogP contribution in [0, 0.1) is 0 Å². The van der Waals surface area contributed by atoms with Gasteiger partial charge in [-0.3, -0.25) is 0 Å². The van der Waals surface area contributed by atoms with Gasteiger partial charge in [0.25, 0.3) is 0 Å². The topological polar surface area (TPSA) is 21.3 Å². The fraction of sp³-hybridized carbons (Fsp3) is 0.538. The van der Waals surface area contributed by atoms with Gasteiger partial charge in [-0.2, -0.15) is 0 Å². The molecule has 1 aromatic carbocycles. The summed E-state index contributed by atoms with van der Waals surface area (Å²) < 4.78 is 8.63. The molecule has 0 aromatic heterocycles. The third kappa shape index (κ3) is 3.71. The standard InChI is InChI=1S/C13H16Br3NO/c1-18-10-4-2-9(3-5-10)17-13-11(15)6-8(14)7-12(13)16/h6-7,9-10,17H,2-5H2,1H3. The molecule has 1 aliphatic rings. The summed E-state index contributed by atoms with van der Waals surface area (Å²) in [4.78, 5) is 0. The van der Waals surface area contributed by atoms with Crippen LogP contribution in [0.1, 0.15) is 25.7 Å². The average Bonchev–Trinajstić information content (AvgIpc) is 2.34. The number of halogens is 3. The zero-order chi connectivity index (χ0) is 13.1. The van der Waals surface area contributed by atoms with Crippen LogP contribution in [-0.4, -0.2) is 19.3 Å². The first-order chi connectivity index (χ1) is 8.60. The molecule has 1 N–H and O–H groups in total. The van der Waals surface area contributed by atoms with Gasteiger partial charge in [0.2, 0.25) is 0 Å². The Hall–Kier alpha value is 0.420. The van der Waals surface area contributed by atoms with Crippen molar-refractivity contribution in [2.75, 3.05) is 12.4 Å². The highest BCUT2D eigenvalue weighted by Crippen LogP contribution is 2.36. The summed E-state index contributed by atoms with van der Waals surface area (Å²) in [5, 5.41) is 3.62. The van der Waals surface area contributed by atoms with Crippen LogP contribution in [0.25, 0.3) is 0 Å². The van der Waals surface area contributed by atoms with E-state index in [4.69, 9.17) is 4.74 Å². The lowest BCUT2D eigenvalue weighted by molar-refractivity contribution is 0.0682. The van der Waals surface area contributed by atoms with Crippen LogP contribution in [0.15, 0.2) is 25.6 Å². The fourth-order valence-electron chi connectivity index (χ4n) is 2.33. The van der Waals surface area contributed by atoms with E-state index in [9.17, 15) is 0 Å². The van der Waals surface area contributed by atoms with Crippen LogP contribution in [0.3, 0.4) is 0 Å². The molecular weight excluding hydrogens is 426 g/mol. The minimum absolute atomic E-state index is 0.444. The summed E-state index contributed by atoms with van der Waals surface area (Å²) in [5.41, 5.74) is 1.14. The van der Waals surface area contributed by atoms with Gasteiger partial charge in [-0.1, -0.05) is 15.9 Å². The summed E-state index contributed by atoms with van der Waals surface area (Å²) in [6.45, 7) is 0. The van der Waals surface area contributed by atoms with Gasteiger partial charge in [0.05, 0.1) is 11.8 Å². The third-order valence-electron chi connectivity index (χ3n) is 3.36. The predicted octanol–water partition coefficient (Wildman–Crippen LogP) is 5.34. The Morgan fingerprint density at radius 3 is 2.11 bits per heavy atom. The number of methoxy groups -OCH3 is 1. The normalized spacial score (nSPS) is 24.0. The molecule has 0 spiro atoms. The van der Waals surface area contributed by atoms with Crippen molar-refractivity contribution < 1.29 is 4.74 Å². The van der Waals surface area contributed by atoms with Crippen LogP contribution >= 0.6 is 47.8 Å². The van der Waals surface area contributed by atoms with E-state index < -0.39 is 0 Å². The van der Waals surface area contributed by atoms with E-state index in [0.29, 0.717) is 12.1 Å². The molecule has 0 unspecified atom stereocenters. The molecule has 0 atom stereocenters. The summed E-state index contributed by atoms with van der Waals surface area (Å²) in [6, 6.07) is 4.66. The molecule has 2 rings (SSSR count). The molecule has 2 nitrogen and oxygen atoms in total. The molecule has 0 aliphatic heterocycles. The summed E-state index contributed by atoms with van der Waals surface area (Å²) >= 11 is 10.7. The van der Waals surface area contributed by atoms with Gasteiger partial charge in [-0.05, 0) is 69.7 Å². The van der Waals surface area contributed by atoms with Gasteiger partial charge in [0, 0.05) is 26.6 Å². The zero-order valence-corrected chi connectivity index (χ0v) is 14.9. The van der Waals surface area contributed by atoms with E-state index in [-0.39, 0.29) is 0 Å². The molecule has 1 saturated carbocycles. The molecule has 5 heteroatoms. The number of hydrogen-bond donors (Lipinski definition) is 1. The first-order valence-corrected chi connectivity index (χ1v) is 8.42. The van der Waals surface area contributed by atoms with Crippen LogP contribution in [0.5, 0.6) is 0 Å². The van der Waals surface area contributed by atoms with Crippen molar-refractivity contribution in [2.24, 2.45) is 0 Å². The van der Waals surface area contributed by atoms with Gasteiger partial charge in [-0.15, -0.1) is 0 Å². The number of anilines is 1. The minimum Gasteiger partial charge on any atom is -0.381 e. The molecule has 0 radical (unpaired) electrons. The van der Waals surface area contributed by atoms with Crippen molar-refractivity contribution >= 4 is 53.5 Å². The van der Waals surface area contributed by atoms with Crippen molar-refractivity contribution in [1.82, 2.24) is 0 Å². The van der Waals surface area contributed by atoms with Crippen LogP contribution in [-0.2, 0) is 4.74 Å². The maximum absolute atomic E-state index is 5.40. The van der Waals surface area contributed by atoms with Gasteiger partial charge in [0.1, 0.15) is 0 Å². The van der Waals surface area contributed by atoms with E-state index >= 15 is 0 Å². The predicted molar refractivity (Wildman–Crippen MR) is 86.2 cm³/mol. The molecule has 1 aliphatic carbocycles. The molecule has 0 heterocycles. The number of hydrogen-bond acceptors (Lipinski definition) is 2. The Morgan fingerprint density at radius 1 is 1.06 bits per heavy atom. The molecule has 0 amide bonds. The number of ether oxygens (including phenoxy) is 1. The molecular formula is C13H16Br3NO. The maximum Gasteiger partial charge on any atom is 0.0631 e. The first kappa shape index (κ1) is 14.8. The highest BCUT2D eigenvalue weighted by molar-refractivity contribution is 9.11. The summed E-state index contributed by atoms with van der Waals surface area (Å²) in [6.07, 6.45) is 5.04. The Balaban J connectivity index is 2.02. The van der Waals surface area contributed by atoms with E-state index in [1.54, 1.807) is 7.11 Å². The smallest absolute Gasteiger partial charge is 0.0631 e. The lowest BCUT2D eigenvalue weighted by atomic mass is 9.93. The molecule has 1 aromatic rings. The van der Waals surface area contributed by atoms with Gasteiger partial charge in [0.15, 0.2) is 0 Å². The molecule has 100 valence electrons. The number of benzene rings is 1. The fourth-order valence-corrected chi connectivity index (χ4v) is 4.81. The van der Waals surface area contributed by atoms with Crippen LogP contribution < -0.4 is 5.32 Å². The Bertz CT molecular complexity index is 394. The van der Waals surface area contributed by atoms with Crippen LogP contribution in [0.2, 0.25) is 0 Å². The Labute approximate surface area is 133 Å². The Kier molecular flexibility index (Phi) is 5.54. The lowest BCUT2D eigenvalue weighted by Gasteiger charge is -2.29. The SMILES string of the molecule is COC1CCC(Nc2c(Br)cc(Br)cc2Br)CC1. The number of nitrogens with one attached hydrogen (secondary N) is 1. The Morgan fingerprint density at radius 2 is 1.61 bits per heavy atom. The molecule has 0 bridgehead atoms. The highest BCUT2D eigenvalue weighted by Gasteiger charge is 2.21. The highest BCUT2D eigenvalue weighted by atomic mass is 79.9. The quantitative estimate of drug-likeness (QED) is 0.683. The van der Waals surface area contributed by atoms with Crippen molar-refractivity contribution in [3.05, 3.63) is 25.6 Å². The van der Waals surface area contributed by atoms with Crippen molar-refractivity contribution in [3.8, 4) is 0 Å². The zero-order valence-electron chi connectivity index (χ0n) is 10.2.